The number of amides is 3. The average Bonchev–Trinajstić information content (AvgIpc) is 3.09. The fourth-order valence-electron chi connectivity index (χ4n) is 7.08. The van der Waals surface area contributed by atoms with E-state index >= 15 is 0 Å². The molecule has 5 N–H and O–H groups in total. The molecule has 4 aliphatic rings. The van der Waals surface area contributed by atoms with E-state index in [2.05, 4.69) is 22.5 Å². The maximum absolute atomic E-state index is 13.3. The summed E-state index contributed by atoms with van der Waals surface area (Å²) < 4.78 is 0. The third-order valence-electron chi connectivity index (χ3n) is 8.09. The van der Waals surface area contributed by atoms with Crippen LogP contribution >= 0.6 is 0 Å². The van der Waals surface area contributed by atoms with Crippen LogP contribution in [0.5, 0.6) is 0 Å². The summed E-state index contributed by atoms with van der Waals surface area (Å²) in [5.74, 6) is 2.37. The van der Waals surface area contributed by atoms with Crippen molar-refractivity contribution in [2.45, 2.75) is 64.0 Å². The Kier molecular flexibility index (Phi) is 4.75. The van der Waals surface area contributed by atoms with Crippen molar-refractivity contribution >= 4 is 22.8 Å². The van der Waals surface area contributed by atoms with E-state index in [0.717, 1.165) is 34.2 Å². The zero-order chi connectivity index (χ0) is 20.9. The average molecular weight is 409 g/mol. The molecule has 3 amide bonds. The molecule has 4 bridgehead atoms. The molecule has 4 saturated carbocycles. The number of aromatic amines is 1. The van der Waals surface area contributed by atoms with Gasteiger partial charge in [-0.2, -0.15) is 0 Å². The van der Waals surface area contributed by atoms with Gasteiger partial charge < -0.3 is 21.4 Å². The minimum atomic E-state index is -0.682. The number of carbonyl (C=O) groups is 2. The lowest BCUT2D eigenvalue weighted by Gasteiger charge is -2.59. The van der Waals surface area contributed by atoms with Crippen LogP contribution in [0.4, 0.5) is 4.79 Å². The molecule has 1 aromatic carbocycles. The van der Waals surface area contributed by atoms with Crippen LogP contribution in [0.25, 0.3) is 10.9 Å². The van der Waals surface area contributed by atoms with Gasteiger partial charge in [-0.1, -0.05) is 18.2 Å². The number of H-pyrrole nitrogens is 1. The van der Waals surface area contributed by atoms with Crippen molar-refractivity contribution in [2.75, 3.05) is 0 Å². The third kappa shape index (κ3) is 3.46. The van der Waals surface area contributed by atoms with Gasteiger partial charge in [0.1, 0.15) is 6.04 Å². The molecule has 4 aliphatic carbocycles. The molecule has 0 spiro atoms. The molecule has 0 radical (unpaired) electrons. The van der Waals surface area contributed by atoms with Gasteiger partial charge in [-0.05, 0) is 80.2 Å². The van der Waals surface area contributed by atoms with Gasteiger partial charge >= 0.3 is 6.03 Å². The Bertz CT molecular complexity index is 930. The van der Waals surface area contributed by atoms with E-state index in [0.29, 0.717) is 6.42 Å². The Morgan fingerprint density at radius 1 is 1.10 bits per heavy atom. The molecule has 0 saturated heterocycles. The molecular formula is C24H32N4O2. The Balaban J connectivity index is 1.32. The monoisotopic (exact) mass is 408 g/mol. The van der Waals surface area contributed by atoms with E-state index < -0.39 is 12.1 Å². The molecule has 1 aromatic heterocycles. The molecule has 0 aliphatic heterocycles. The summed E-state index contributed by atoms with van der Waals surface area (Å²) in [6.45, 7) is 2.16. The number of hydrogen-bond donors (Lipinski definition) is 4. The molecule has 160 valence electrons. The zero-order valence-electron chi connectivity index (χ0n) is 17.6. The highest BCUT2D eigenvalue weighted by atomic mass is 16.2. The predicted molar refractivity (Wildman–Crippen MR) is 117 cm³/mol. The van der Waals surface area contributed by atoms with Gasteiger partial charge in [-0.3, -0.25) is 4.79 Å². The van der Waals surface area contributed by atoms with Gasteiger partial charge in [0, 0.05) is 29.6 Å². The van der Waals surface area contributed by atoms with E-state index in [1.807, 2.05) is 30.5 Å². The molecule has 0 unspecified atom stereocenters. The van der Waals surface area contributed by atoms with Gasteiger partial charge in [0.05, 0.1) is 0 Å². The summed E-state index contributed by atoms with van der Waals surface area (Å²) in [7, 11) is 0. The summed E-state index contributed by atoms with van der Waals surface area (Å²) in [6.07, 6.45) is 10.2. The third-order valence-corrected chi connectivity index (χ3v) is 8.09. The standard InChI is InChI=1S/C24H32N4O2/c1-14(24-10-15-6-16(11-24)8-17(7-15)12-24)27-22(29)21(28-23(25)30)9-18-13-26-20-5-3-2-4-19(18)20/h2-5,13-17,21,26H,6-12H2,1H3,(H,27,29)(H3,25,28,30)/t14-,15?,16?,17?,21-,24?/m0/s1. The van der Waals surface area contributed by atoms with Crippen molar-refractivity contribution in [3.05, 3.63) is 36.0 Å². The van der Waals surface area contributed by atoms with Crippen LogP contribution in [0.2, 0.25) is 0 Å². The number of rotatable bonds is 6. The summed E-state index contributed by atoms with van der Waals surface area (Å²) >= 11 is 0. The fraction of sp³-hybridized carbons (Fsp3) is 0.583. The summed E-state index contributed by atoms with van der Waals surface area (Å²) in [6, 6.07) is 6.74. The number of carbonyl (C=O) groups excluding carboxylic acids is 2. The van der Waals surface area contributed by atoms with E-state index in [9.17, 15) is 9.59 Å². The number of hydrogen-bond acceptors (Lipinski definition) is 2. The lowest BCUT2D eigenvalue weighted by atomic mass is 9.48. The van der Waals surface area contributed by atoms with Crippen molar-refractivity contribution < 1.29 is 9.59 Å². The normalized spacial score (nSPS) is 31.4. The second-order valence-corrected chi connectivity index (χ2v) is 10.1. The van der Waals surface area contributed by atoms with Gasteiger partial charge in [0.15, 0.2) is 0 Å². The van der Waals surface area contributed by atoms with E-state index in [1.54, 1.807) is 0 Å². The fourth-order valence-corrected chi connectivity index (χ4v) is 7.08. The first kappa shape index (κ1) is 19.5. The minimum absolute atomic E-state index is 0.110. The second-order valence-electron chi connectivity index (χ2n) is 10.1. The highest BCUT2D eigenvalue weighted by Gasteiger charge is 2.53. The Morgan fingerprint density at radius 2 is 1.73 bits per heavy atom. The number of fused-ring (bicyclic) bond motifs is 1. The van der Waals surface area contributed by atoms with Crippen LogP contribution in [0.3, 0.4) is 0 Å². The van der Waals surface area contributed by atoms with Crippen LogP contribution in [-0.2, 0) is 11.2 Å². The summed E-state index contributed by atoms with van der Waals surface area (Å²) in [4.78, 5) is 28.1. The molecule has 4 fully saturated rings. The highest BCUT2D eigenvalue weighted by Crippen LogP contribution is 2.61. The number of aromatic nitrogens is 1. The molecule has 6 heteroatoms. The Morgan fingerprint density at radius 3 is 2.37 bits per heavy atom. The largest absolute Gasteiger partial charge is 0.361 e. The number of primary amides is 1. The van der Waals surface area contributed by atoms with Crippen molar-refractivity contribution in [1.29, 1.82) is 0 Å². The maximum Gasteiger partial charge on any atom is 0.312 e. The highest BCUT2D eigenvalue weighted by molar-refractivity contribution is 5.89. The van der Waals surface area contributed by atoms with Gasteiger partial charge in [-0.15, -0.1) is 0 Å². The van der Waals surface area contributed by atoms with Crippen LogP contribution < -0.4 is 16.4 Å². The van der Waals surface area contributed by atoms with E-state index in [1.165, 1.54) is 38.5 Å². The molecule has 2 aromatic rings. The van der Waals surface area contributed by atoms with Crippen molar-refractivity contribution in [3.8, 4) is 0 Å². The number of para-hydroxylation sites is 1. The first-order valence-corrected chi connectivity index (χ1v) is 11.3. The quantitative estimate of drug-likeness (QED) is 0.588. The molecule has 1 heterocycles. The van der Waals surface area contributed by atoms with Crippen molar-refractivity contribution in [2.24, 2.45) is 28.9 Å². The van der Waals surface area contributed by atoms with E-state index in [4.69, 9.17) is 5.73 Å². The van der Waals surface area contributed by atoms with E-state index in [-0.39, 0.29) is 17.4 Å². The predicted octanol–water partition coefficient (Wildman–Crippen LogP) is 3.47. The van der Waals surface area contributed by atoms with Crippen LogP contribution in [0.1, 0.15) is 51.0 Å². The lowest BCUT2D eigenvalue weighted by Crippen LogP contribution is -2.59. The molecular weight excluding hydrogens is 376 g/mol. The number of nitrogens with one attached hydrogen (secondary N) is 3. The number of nitrogens with two attached hydrogens (primary N) is 1. The minimum Gasteiger partial charge on any atom is -0.361 e. The van der Waals surface area contributed by atoms with Crippen molar-refractivity contribution in [1.82, 2.24) is 15.6 Å². The topological polar surface area (TPSA) is 100 Å². The van der Waals surface area contributed by atoms with Crippen LogP contribution in [-0.4, -0.2) is 29.0 Å². The van der Waals surface area contributed by atoms with Gasteiger partial charge in [0.2, 0.25) is 5.91 Å². The Labute approximate surface area is 177 Å². The van der Waals surface area contributed by atoms with Crippen molar-refractivity contribution in [3.63, 3.8) is 0 Å². The maximum atomic E-state index is 13.3. The summed E-state index contributed by atoms with van der Waals surface area (Å²) in [5, 5.41) is 7.02. The second kappa shape index (κ2) is 7.33. The Hall–Kier alpha value is -2.50. The van der Waals surface area contributed by atoms with Gasteiger partial charge in [-0.25, -0.2) is 4.79 Å². The summed E-state index contributed by atoms with van der Waals surface area (Å²) in [5.41, 5.74) is 7.66. The van der Waals surface area contributed by atoms with Gasteiger partial charge in [0.25, 0.3) is 0 Å². The molecule has 30 heavy (non-hydrogen) atoms. The zero-order valence-corrected chi connectivity index (χ0v) is 17.6. The molecule has 6 rings (SSSR count). The van der Waals surface area contributed by atoms with Crippen LogP contribution in [0.15, 0.2) is 30.5 Å². The number of benzene rings is 1. The number of urea groups is 1. The van der Waals surface area contributed by atoms with Crippen LogP contribution in [0, 0.1) is 23.2 Å². The lowest BCUT2D eigenvalue weighted by molar-refractivity contribution is -0.127. The molecule has 2 atom stereocenters. The smallest absolute Gasteiger partial charge is 0.312 e. The molecule has 6 nitrogen and oxygen atoms in total. The first-order chi connectivity index (χ1) is 14.4. The SMILES string of the molecule is C[C@H](NC(=O)[C@H](Cc1c[nH]c2ccccc12)NC(N)=O)C12CC3CC(CC(C3)C1)C2. The first-order valence-electron chi connectivity index (χ1n) is 11.3.